The summed E-state index contributed by atoms with van der Waals surface area (Å²) >= 11 is 0. The summed E-state index contributed by atoms with van der Waals surface area (Å²) in [6.45, 7) is 9.29. The molecule has 1 fully saturated rings. The summed E-state index contributed by atoms with van der Waals surface area (Å²) in [5, 5.41) is 6.03. The molecule has 1 aromatic heterocycles. The molecule has 204 valence electrons. The Morgan fingerprint density at radius 1 is 1.13 bits per heavy atom. The summed E-state index contributed by atoms with van der Waals surface area (Å²) in [6, 6.07) is 14.6. The van der Waals surface area contributed by atoms with Crippen molar-refractivity contribution in [2.45, 2.75) is 24.4 Å². The van der Waals surface area contributed by atoms with Crippen LogP contribution in [0.4, 0.5) is 24.5 Å². The van der Waals surface area contributed by atoms with Gasteiger partial charge >= 0.3 is 6.18 Å². The highest BCUT2D eigenvalue weighted by Crippen LogP contribution is 2.42. The van der Waals surface area contributed by atoms with E-state index in [1.165, 1.54) is 6.07 Å². The number of carbonyl (C=O) groups is 1. The Morgan fingerprint density at radius 2 is 1.87 bits per heavy atom. The van der Waals surface area contributed by atoms with Crippen molar-refractivity contribution in [1.82, 2.24) is 15.6 Å². The molecule has 7 nitrogen and oxygen atoms in total. The number of halogens is 3. The molecule has 0 radical (unpaired) electrons. The third kappa shape index (κ3) is 5.83. The monoisotopic (exact) mass is 537 g/mol. The van der Waals surface area contributed by atoms with E-state index in [0.717, 1.165) is 23.3 Å². The van der Waals surface area contributed by atoms with Gasteiger partial charge in [0.2, 0.25) is 11.6 Å². The number of nitrogens with one attached hydrogen (secondary N) is 2. The molecule has 10 heteroatoms. The number of hydrogen-bond acceptors (Lipinski definition) is 5. The number of aromatic nitrogens is 1. The molecule has 3 aromatic rings. The highest BCUT2D eigenvalue weighted by Gasteiger charge is 2.43. The molecule has 1 saturated heterocycles. The number of rotatable bonds is 8. The lowest BCUT2D eigenvalue weighted by Gasteiger charge is -2.42. The van der Waals surface area contributed by atoms with Crippen LogP contribution in [0.25, 0.3) is 16.1 Å². The van der Waals surface area contributed by atoms with E-state index in [1.807, 2.05) is 41.3 Å². The van der Waals surface area contributed by atoms with E-state index >= 15 is 0 Å². The Morgan fingerprint density at radius 3 is 2.49 bits per heavy atom. The summed E-state index contributed by atoms with van der Waals surface area (Å²) in [7, 11) is 3.40. The van der Waals surface area contributed by atoms with Crippen molar-refractivity contribution in [2.24, 2.45) is 0 Å². The summed E-state index contributed by atoms with van der Waals surface area (Å²) < 4.78 is 45.0. The molecule has 0 atom stereocenters. The Kier molecular flexibility index (Phi) is 8.41. The second-order valence-corrected chi connectivity index (χ2v) is 9.37. The fourth-order valence-electron chi connectivity index (χ4n) is 5.00. The van der Waals surface area contributed by atoms with E-state index in [1.54, 1.807) is 20.4 Å². The van der Waals surface area contributed by atoms with Gasteiger partial charge in [0.25, 0.3) is 0 Å². The Labute approximate surface area is 225 Å². The maximum Gasteiger partial charge on any atom is 0.415 e. The third-order valence-corrected chi connectivity index (χ3v) is 7.18. The van der Waals surface area contributed by atoms with Gasteiger partial charge in [-0.2, -0.15) is 13.2 Å². The van der Waals surface area contributed by atoms with Gasteiger partial charge in [-0.15, -0.1) is 0 Å². The molecular formula is C29H30F3N5O2. The summed E-state index contributed by atoms with van der Waals surface area (Å²) in [6.07, 6.45) is -1.99. The van der Waals surface area contributed by atoms with E-state index in [2.05, 4.69) is 20.5 Å². The first kappa shape index (κ1) is 27.9. The fourth-order valence-corrected chi connectivity index (χ4v) is 5.00. The summed E-state index contributed by atoms with van der Waals surface area (Å²) in [4.78, 5) is 23.5. The Bertz CT molecular complexity index is 1340. The quantitative estimate of drug-likeness (QED) is 0.305. The van der Waals surface area contributed by atoms with Gasteiger partial charge in [0.05, 0.1) is 24.8 Å². The largest absolute Gasteiger partial charge is 0.496 e. The number of likely N-dealkylation sites (N-methyl/N-ethyl adjacent to an activating group) is 1. The number of nitrogens with zero attached hydrogens (tertiary/aromatic N) is 3. The lowest BCUT2D eigenvalue weighted by atomic mass is 9.72. The first-order chi connectivity index (χ1) is 18.7. The minimum Gasteiger partial charge on any atom is -0.496 e. The number of carbonyl (C=O) groups excluding carboxylic acids is 1. The topological polar surface area (TPSA) is 70.9 Å². The van der Waals surface area contributed by atoms with Crippen molar-refractivity contribution in [2.75, 3.05) is 45.2 Å². The van der Waals surface area contributed by atoms with E-state index in [0.29, 0.717) is 56.2 Å². The van der Waals surface area contributed by atoms with E-state index in [4.69, 9.17) is 11.3 Å². The molecule has 39 heavy (non-hydrogen) atoms. The predicted molar refractivity (Wildman–Crippen MR) is 144 cm³/mol. The molecule has 2 N–H and O–H groups in total. The zero-order valence-electron chi connectivity index (χ0n) is 21.8. The number of ether oxygens (including phenoxy) is 1. The van der Waals surface area contributed by atoms with Gasteiger partial charge in [0.1, 0.15) is 5.75 Å². The van der Waals surface area contributed by atoms with Crippen LogP contribution in [0.5, 0.6) is 5.75 Å². The van der Waals surface area contributed by atoms with Crippen LogP contribution in [-0.4, -0.2) is 51.2 Å². The second kappa shape index (κ2) is 11.7. The molecule has 0 aliphatic carbocycles. The normalized spacial score (nSPS) is 14.9. The van der Waals surface area contributed by atoms with Crippen LogP contribution in [0.3, 0.4) is 0 Å². The molecule has 4 rings (SSSR count). The van der Waals surface area contributed by atoms with Crippen LogP contribution in [0, 0.1) is 6.57 Å². The van der Waals surface area contributed by atoms with Gasteiger partial charge in [-0.25, -0.2) is 4.85 Å². The van der Waals surface area contributed by atoms with E-state index < -0.39 is 17.2 Å². The number of anilines is 1. The first-order valence-corrected chi connectivity index (χ1v) is 12.6. The number of pyridine rings is 1. The number of alkyl halides is 3. The van der Waals surface area contributed by atoms with Crippen molar-refractivity contribution in [1.29, 1.82) is 0 Å². The van der Waals surface area contributed by atoms with Crippen molar-refractivity contribution in [3.8, 4) is 17.0 Å². The number of hydrogen-bond donors (Lipinski definition) is 2. The smallest absolute Gasteiger partial charge is 0.415 e. The molecule has 0 unspecified atom stereocenters. The van der Waals surface area contributed by atoms with Crippen LogP contribution in [0.1, 0.15) is 24.0 Å². The second-order valence-electron chi connectivity index (χ2n) is 9.37. The number of para-hydroxylation sites is 1. The maximum atomic E-state index is 13.6. The molecular weight excluding hydrogens is 507 g/mol. The van der Waals surface area contributed by atoms with Gasteiger partial charge in [-0.1, -0.05) is 24.3 Å². The van der Waals surface area contributed by atoms with E-state index in [9.17, 15) is 18.0 Å². The highest BCUT2D eigenvalue weighted by molar-refractivity contribution is 5.89. The third-order valence-electron chi connectivity index (χ3n) is 7.18. The van der Waals surface area contributed by atoms with Gasteiger partial charge in [-0.3, -0.25) is 9.78 Å². The average Bonchev–Trinajstić information content (AvgIpc) is 2.96. The minimum atomic E-state index is -4.52. The van der Waals surface area contributed by atoms with Crippen molar-refractivity contribution in [3.05, 3.63) is 83.3 Å². The van der Waals surface area contributed by atoms with E-state index in [-0.39, 0.29) is 11.6 Å². The minimum absolute atomic E-state index is 0.0568. The first-order valence-electron chi connectivity index (χ1n) is 12.6. The van der Waals surface area contributed by atoms with Crippen molar-refractivity contribution >= 4 is 17.3 Å². The average molecular weight is 538 g/mol. The van der Waals surface area contributed by atoms with Crippen LogP contribution in [-0.2, 0) is 16.4 Å². The lowest BCUT2D eigenvalue weighted by Crippen LogP contribution is -2.52. The number of methoxy groups -OCH3 is 1. The maximum absolute atomic E-state index is 13.6. The Balaban J connectivity index is 1.63. The number of benzene rings is 2. The molecule has 1 aliphatic rings. The number of amides is 1. The molecule has 2 heterocycles. The summed E-state index contributed by atoms with van der Waals surface area (Å²) in [5.74, 6) is 0.569. The standard InChI is InChI=1S/C29H30F3N5O2/c1-33-14-15-35-27(38)28(21-8-10-23(36-19-21)22-6-4-5-7-26(22)39-3)12-16-37(17-13-28)25-11-9-20(29(30,31)32)18-24(25)34-2/h4-11,18-19,33H,12-17H2,1,3H3,(H,35,38). The van der Waals surface area contributed by atoms with Crippen molar-refractivity contribution < 1.29 is 22.7 Å². The van der Waals surface area contributed by atoms with Crippen molar-refractivity contribution in [3.63, 3.8) is 0 Å². The zero-order valence-corrected chi connectivity index (χ0v) is 21.8. The van der Waals surface area contributed by atoms with Crippen LogP contribution in [0.15, 0.2) is 60.8 Å². The van der Waals surface area contributed by atoms with Crippen LogP contribution in [0.2, 0.25) is 0 Å². The van der Waals surface area contributed by atoms with Gasteiger partial charge in [-0.05, 0) is 55.8 Å². The zero-order chi connectivity index (χ0) is 28.0. The number of piperidine rings is 1. The molecule has 1 aliphatic heterocycles. The predicted octanol–water partition coefficient (Wildman–Crippen LogP) is 5.20. The summed E-state index contributed by atoms with van der Waals surface area (Å²) in [5.41, 5.74) is 0.967. The molecule has 0 spiro atoms. The fraction of sp³-hybridized carbons (Fsp3) is 0.345. The molecule has 1 amide bonds. The lowest BCUT2D eigenvalue weighted by molar-refractivity contribution is -0.137. The van der Waals surface area contributed by atoms with Gasteiger partial charge < -0.3 is 20.3 Å². The molecule has 0 bridgehead atoms. The van der Waals surface area contributed by atoms with Gasteiger partial charge in [0.15, 0.2) is 0 Å². The van der Waals surface area contributed by atoms with Crippen LogP contribution >= 0.6 is 0 Å². The highest BCUT2D eigenvalue weighted by atomic mass is 19.4. The van der Waals surface area contributed by atoms with Gasteiger partial charge in [0, 0.05) is 49.2 Å². The van der Waals surface area contributed by atoms with Crippen LogP contribution < -0.4 is 20.3 Å². The molecule has 0 saturated carbocycles. The Hall–Kier alpha value is -4.10. The SMILES string of the molecule is [C-]#[N+]c1cc(C(F)(F)F)ccc1N1CCC(C(=O)NCCNC)(c2ccc(-c3ccccc3OC)nc2)CC1. The molecule has 2 aromatic carbocycles.